The van der Waals surface area contributed by atoms with Gasteiger partial charge in [0.1, 0.15) is 11.8 Å². The number of carbonyl (C=O) groups is 1. The monoisotopic (exact) mass is 310 g/mol. The molecule has 2 aromatic carbocycles. The molecule has 0 saturated heterocycles. The highest BCUT2D eigenvalue weighted by Crippen LogP contribution is 2.27. The van der Waals surface area contributed by atoms with Crippen LogP contribution in [0.2, 0.25) is 0 Å². The van der Waals surface area contributed by atoms with Crippen molar-refractivity contribution >= 4 is 5.91 Å². The van der Waals surface area contributed by atoms with Gasteiger partial charge >= 0.3 is 0 Å². The van der Waals surface area contributed by atoms with Crippen LogP contribution in [-0.4, -0.2) is 19.1 Å². The van der Waals surface area contributed by atoms with Crippen LogP contribution in [0, 0.1) is 0 Å². The van der Waals surface area contributed by atoms with Crippen LogP contribution in [0.25, 0.3) is 0 Å². The maximum Gasteiger partial charge on any atom is 0.239 e. The van der Waals surface area contributed by atoms with E-state index in [2.05, 4.69) is 17.4 Å². The zero-order chi connectivity index (χ0) is 16.2. The second kappa shape index (κ2) is 6.84. The van der Waals surface area contributed by atoms with Gasteiger partial charge in [0.15, 0.2) is 0 Å². The second-order valence-electron chi connectivity index (χ2n) is 5.99. The smallest absolute Gasteiger partial charge is 0.239 e. The Labute approximate surface area is 136 Å². The van der Waals surface area contributed by atoms with Gasteiger partial charge in [-0.1, -0.05) is 36.4 Å². The Morgan fingerprint density at radius 2 is 2.00 bits per heavy atom. The summed E-state index contributed by atoms with van der Waals surface area (Å²) >= 11 is 0. The maximum atomic E-state index is 11.9. The summed E-state index contributed by atoms with van der Waals surface area (Å²) in [6, 6.07) is 15.7. The molecule has 0 aliphatic heterocycles. The van der Waals surface area contributed by atoms with Crippen molar-refractivity contribution in [2.75, 3.05) is 7.11 Å². The van der Waals surface area contributed by atoms with E-state index >= 15 is 0 Å². The van der Waals surface area contributed by atoms with Crippen molar-refractivity contribution in [3.05, 3.63) is 65.2 Å². The minimum atomic E-state index is -0.451. The molecule has 4 heteroatoms. The number of ether oxygens (including phenoxy) is 1. The van der Waals surface area contributed by atoms with E-state index < -0.39 is 6.04 Å². The minimum absolute atomic E-state index is 0.229. The molecule has 0 fully saturated rings. The standard InChI is InChI=1S/C19H22N2O2/c1-23-17-10-8-13-7-9-16(11-15(13)12-17)21-18(19(20)22)14-5-3-2-4-6-14/h2-6,8,10,12,16,18,21H,7,9,11H2,1H3,(H2,20,22)/t16-,18-/m1/s1. The van der Waals surface area contributed by atoms with Crippen molar-refractivity contribution in [3.8, 4) is 5.75 Å². The second-order valence-corrected chi connectivity index (χ2v) is 5.99. The summed E-state index contributed by atoms with van der Waals surface area (Å²) in [6.45, 7) is 0. The van der Waals surface area contributed by atoms with E-state index in [0.717, 1.165) is 30.6 Å². The lowest BCUT2D eigenvalue weighted by molar-refractivity contribution is -0.120. The molecule has 4 nitrogen and oxygen atoms in total. The molecule has 0 aromatic heterocycles. The highest BCUT2D eigenvalue weighted by atomic mass is 16.5. The van der Waals surface area contributed by atoms with Gasteiger partial charge < -0.3 is 10.5 Å². The molecule has 0 bridgehead atoms. The molecule has 1 amide bonds. The van der Waals surface area contributed by atoms with Crippen LogP contribution < -0.4 is 15.8 Å². The normalized spacial score (nSPS) is 18.0. The SMILES string of the molecule is COc1ccc2c(c1)C[C@H](N[C@@H](C(N)=O)c1ccccc1)CC2. The summed E-state index contributed by atoms with van der Waals surface area (Å²) in [6.07, 6.45) is 2.87. The molecular formula is C19H22N2O2. The quantitative estimate of drug-likeness (QED) is 0.891. The van der Waals surface area contributed by atoms with Gasteiger partial charge in [-0.3, -0.25) is 10.1 Å². The summed E-state index contributed by atoms with van der Waals surface area (Å²) in [4.78, 5) is 11.9. The van der Waals surface area contributed by atoms with Gasteiger partial charge in [-0.15, -0.1) is 0 Å². The molecule has 120 valence electrons. The number of benzene rings is 2. The average Bonchev–Trinajstić information content (AvgIpc) is 2.59. The van der Waals surface area contributed by atoms with Crippen LogP contribution in [0.5, 0.6) is 5.75 Å². The van der Waals surface area contributed by atoms with Crippen molar-refractivity contribution in [3.63, 3.8) is 0 Å². The first-order valence-corrected chi connectivity index (χ1v) is 7.93. The van der Waals surface area contributed by atoms with Gasteiger partial charge in [0.25, 0.3) is 0 Å². The van der Waals surface area contributed by atoms with Crippen LogP contribution in [-0.2, 0) is 17.6 Å². The molecule has 3 N–H and O–H groups in total. The van der Waals surface area contributed by atoms with E-state index in [9.17, 15) is 4.79 Å². The fourth-order valence-corrected chi connectivity index (χ4v) is 3.23. The molecule has 0 spiro atoms. The van der Waals surface area contributed by atoms with E-state index in [1.54, 1.807) is 7.11 Å². The fraction of sp³-hybridized carbons (Fsp3) is 0.316. The Kier molecular flexibility index (Phi) is 4.63. The van der Waals surface area contributed by atoms with Crippen molar-refractivity contribution in [2.45, 2.75) is 31.3 Å². The Morgan fingerprint density at radius 1 is 1.22 bits per heavy atom. The van der Waals surface area contributed by atoms with E-state index in [4.69, 9.17) is 10.5 Å². The number of methoxy groups -OCH3 is 1. The van der Waals surface area contributed by atoms with Gasteiger partial charge in [0.2, 0.25) is 5.91 Å². The number of fused-ring (bicyclic) bond motifs is 1. The molecule has 0 heterocycles. The fourth-order valence-electron chi connectivity index (χ4n) is 3.23. The van der Waals surface area contributed by atoms with Crippen LogP contribution >= 0.6 is 0 Å². The molecule has 3 rings (SSSR count). The molecule has 1 aliphatic carbocycles. The van der Waals surface area contributed by atoms with E-state index in [0.29, 0.717) is 0 Å². The predicted molar refractivity (Wildman–Crippen MR) is 90.3 cm³/mol. The molecule has 0 unspecified atom stereocenters. The molecule has 1 aliphatic rings. The van der Waals surface area contributed by atoms with Crippen molar-refractivity contribution in [2.24, 2.45) is 5.73 Å². The number of hydrogen-bond acceptors (Lipinski definition) is 3. The number of rotatable bonds is 5. The maximum absolute atomic E-state index is 11.9. The summed E-state index contributed by atoms with van der Waals surface area (Å²) in [5.74, 6) is 0.534. The predicted octanol–water partition coefficient (Wildman–Crippen LogP) is 2.37. The van der Waals surface area contributed by atoms with Gasteiger partial charge in [0, 0.05) is 6.04 Å². The average molecular weight is 310 g/mol. The van der Waals surface area contributed by atoms with Gasteiger partial charge in [-0.2, -0.15) is 0 Å². The lowest BCUT2D eigenvalue weighted by Crippen LogP contribution is -2.42. The topological polar surface area (TPSA) is 64.3 Å². The Bertz CT molecular complexity index is 685. The molecule has 23 heavy (non-hydrogen) atoms. The van der Waals surface area contributed by atoms with Gasteiger partial charge in [-0.05, 0) is 48.1 Å². The number of nitrogens with two attached hydrogens (primary N) is 1. The third-order valence-corrected chi connectivity index (χ3v) is 4.46. The van der Waals surface area contributed by atoms with Crippen molar-refractivity contribution in [1.29, 1.82) is 0 Å². The van der Waals surface area contributed by atoms with E-state index in [-0.39, 0.29) is 11.9 Å². The number of nitrogens with one attached hydrogen (secondary N) is 1. The van der Waals surface area contributed by atoms with Gasteiger partial charge in [0.05, 0.1) is 7.11 Å². The van der Waals surface area contributed by atoms with Gasteiger partial charge in [-0.25, -0.2) is 0 Å². The number of carbonyl (C=O) groups excluding carboxylic acids is 1. The summed E-state index contributed by atoms with van der Waals surface area (Å²) in [7, 11) is 1.68. The first-order valence-electron chi connectivity index (χ1n) is 7.93. The highest BCUT2D eigenvalue weighted by molar-refractivity contribution is 5.81. The van der Waals surface area contributed by atoms with E-state index in [1.165, 1.54) is 11.1 Å². The summed E-state index contributed by atoms with van der Waals surface area (Å²) in [5, 5.41) is 3.43. The largest absolute Gasteiger partial charge is 0.497 e. The molecule has 0 radical (unpaired) electrons. The number of aryl methyl sites for hydroxylation is 1. The van der Waals surface area contributed by atoms with Crippen LogP contribution in [0.15, 0.2) is 48.5 Å². The van der Waals surface area contributed by atoms with Crippen LogP contribution in [0.3, 0.4) is 0 Å². The molecule has 2 aromatic rings. The van der Waals surface area contributed by atoms with Crippen LogP contribution in [0.4, 0.5) is 0 Å². The lowest BCUT2D eigenvalue weighted by Gasteiger charge is -2.29. The van der Waals surface area contributed by atoms with Crippen LogP contribution in [0.1, 0.15) is 29.2 Å². The van der Waals surface area contributed by atoms with Crippen molar-refractivity contribution in [1.82, 2.24) is 5.32 Å². The Hall–Kier alpha value is -2.33. The minimum Gasteiger partial charge on any atom is -0.497 e. The first kappa shape index (κ1) is 15.6. The summed E-state index contributed by atoms with van der Waals surface area (Å²) < 4.78 is 5.31. The Balaban J connectivity index is 1.76. The zero-order valence-corrected chi connectivity index (χ0v) is 13.3. The Morgan fingerprint density at radius 3 is 2.70 bits per heavy atom. The zero-order valence-electron chi connectivity index (χ0n) is 13.3. The lowest BCUT2D eigenvalue weighted by atomic mass is 9.87. The number of amides is 1. The van der Waals surface area contributed by atoms with E-state index in [1.807, 2.05) is 36.4 Å². The first-order chi connectivity index (χ1) is 11.2. The third-order valence-electron chi connectivity index (χ3n) is 4.46. The molecule has 0 saturated carbocycles. The highest BCUT2D eigenvalue weighted by Gasteiger charge is 2.25. The third kappa shape index (κ3) is 3.54. The number of hydrogen-bond donors (Lipinski definition) is 2. The van der Waals surface area contributed by atoms with Crippen molar-refractivity contribution < 1.29 is 9.53 Å². The number of primary amides is 1. The molecule has 2 atom stereocenters. The summed E-state index contributed by atoms with van der Waals surface area (Å²) in [5.41, 5.74) is 9.16. The molecular weight excluding hydrogens is 288 g/mol.